The van der Waals surface area contributed by atoms with E-state index in [-0.39, 0.29) is 5.82 Å². The molecule has 1 aliphatic heterocycles. The summed E-state index contributed by atoms with van der Waals surface area (Å²) in [6, 6.07) is 6.13. The van der Waals surface area contributed by atoms with Crippen molar-refractivity contribution in [3.63, 3.8) is 0 Å². The summed E-state index contributed by atoms with van der Waals surface area (Å²) in [7, 11) is 0. The van der Waals surface area contributed by atoms with Crippen molar-refractivity contribution >= 4 is 11.8 Å². The SMILES string of the molecule is OC[C@H]1O[C@@H](SCCc2ccc(F)cc2)[C@H](O)[C@@H](O)[C@@H]1O. The molecular formula is C14H19FO5S. The number of halogens is 1. The zero-order valence-corrected chi connectivity index (χ0v) is 12.1. The predicted molar refractivity (Wildman–Crippen MR) is 76.3 cm³/mol. The lowest BCUT2D eigenvalue weighted by Crippen LogP contribution is -2.57. The molecule has 1 saturated heterocycles. The summed E-state index contributed by atoms with van der Waals surface area (Å²) in [5, 5.41) is 38.3. The first-order valence-electron chi connectivity index (χ1n) is 6.69. The van der Waals surface area contributed by atoms with Crippen molar-refractivity contribution < 1.29 is 29.6 Å². The van der Waals surface area contributed by atoms with Crippen LogP contribution in [0.25, 0.3) is 0 Å². The van der Waals surface area contributed by atoms with Gasteiger partial charge in [0.1, 0.15) is 35.7 Å². The van der Waals surface area contributed by atoms with Crippen molar-refractivity contribution in [1.82, 2.24) is 0 Å². The van der Waals surface area contributed by atoms with Crippen LogP contribution in [-0.2, 0) is 11.2 Å². The molecule has 5 nitrogen and oxygen atoms in total. The molecule has 0 bridgehead atoms. The van der Waals surface area contributed by atoms with Crippen LogP contribution in [0.15, 0.2) is 24.3 Å². The molecule has 21 heavy (non-hydrogen) atoms. The lowest BCUT2D eigenvalue weighted by Gasteiger charge is -2.39. The van der Waals surface area contributed by atoms with Crippen LogP contribution in [0.5, 0.6) is 0 Å². The molecule has 5 atom stereocenters. The molecule has 0 aromatic heterocycles. The van der Waals surface area contributed by atoms with Gasteiger partial charge in [0.25, 0.3) is 0 Å². The maximum atomic E-state index is 12.8. The molecule has 0 unspecified atom stereocenters. The normalized spacial score (nSPS) is 33.1. The summed E-state index contributed by atoms with van der Waals surface area (Å²) in [5.41, 5.74) is 0.231. The van der Waals surface area contributed by atoms with E-state index >= 15 is 0 Å². The van der Waals surface area contributed by atoms with E-state index in [0.29, 0.717) is 12.2 Å². The summed E-state index contributed by atoms with van der Waals surface area (Å²) in [6.45, 7) is -0.431. The van der Waals surface area contributed by atoms with Crippen molar-refractivity contribution in [2.45, 2.75) is 36.3 Å². The fraction of sp³-hybridized carbons (Fsp3) is 0.571. The highest BCUT2D eigenvalue weighted by Gasteiger charge is 2.43. The first-order chi connectivity index (χ1) is 10.0. The minimum atomic E-state index is -1.35. The summed E-state index contributed by atoms with van der Waals surface area (Å²) in [6.07, 6.45) is -4.13. The zero-order valence-electron chi connectivity index (χ0n) is 11.3. The van der Waals surface area contributed by atoms with Crippen LogP contribution in [0, 0.1) is 5.82 Å². The average molecular weight is 318 g/mol. The van der Waals surface area contributed by atoms with Gasteiger partial charge in [-0.15, -0.1) is 11.8 Å². The number of aliphatic hydroxyl groups is 4. The molecule has 4 N–H and O–H groups in total. The zero-order chi connectivity index (χ0) is 15.4. The highest BCUT2D eigenvalue weighted by Crippen LogP contribution is 2.28. The van der Waals surface area contributed by atoms with Gasteiger partial charge in [0.15, 0.2) is 0 Å². The minimum Gasteiger partial charge on any atom is -0.394 e. The molecule has 118 valence electrons. The van der Waals surface area contributed by atoms with E-state index in [4.69, 9.17) is 9.84 Å². The number of ether oxygens (including phenoxy) is 1. The van der Waals surface area contributed by atoms with Crippen LogP contribution < -0.4 is 0 Å². The third kappa shape index (κ3) is 4.15. The van der Waals surface area contributed by atoms with Gasteiger partial charge in [0.2, 0.25) is 0 Å². The Bertz CT molecular complexity index is 441. The molecule has 2 rings (SSSR count). The molecule has 0 radical (unpaired) electrons. The number of aryl methyl sites for hydroxylation is 1. The Labute approximate surface area is 126 Å². The van der Waals surface area contributed by atoms with Crippen LogP contribution >= 0.6 is 11.8 Å². The van der Waals surface area contributed by atoms with Crippen molar-refractivity contribution in [2.24, 2.45) is 0 Å². The third-order valence-electron chi connectivity index (χ3n) is 3.43. The number of thioether (sulfide) groups is 1. The van der Waals surface area contributed by atoms with Crippen LogP contribution in [0.2, 0.25) is 0 Å². The highest BCUT2D eigenvalue weighted by atomic mass is 32.2. The topological polar surface area (TPSA) is 90.2 Å². The summed E-state index contributed by atoms with van der Waals surface area (Å²) in [4.78, 5) is 0. The molecule has 7 heteroatoms. The Morgan fingerprint density at radius 1 is 1.05 bits per heavy atom. The Morgan fingerprint density at radius 3 is 2.33 bits per heavy atom. The van der Waals surface area contributed by atoms with Gasteiger partial charge in [-0.05, 0) is 29.9 Å². The molecule has 1 fully saturated rings. The van der Waals surface area contributed by atoms with Gasteiger partial charge in [-0.3, -0.25) is 0 Å². The van der Waals surface area contributed by atoms with Gasteiger partial charge in [0.05, 0.1) is 6.61 Å². The van der Waals surface area contributed by atoms with Crippen LogP contribution in [-0.4, -0.2) is 62.6 Å². The third-order valence-corrected chi connectivity index (χ3v) is 4.59. The van der Waals surface area contributed by atoms with E-state index in [1.54, 1.807) is 12.1 Å². The van der Waals surface area contributed by atoms with Crippen LogP contribution in [0.4, 0.5) is 4.39 Å². The van der Waals surface area contributed by atoms with Gasteiger partial charge in [-0.25, -0.2) is 4.39 Å². The number of hydrogen-bond donors (Lipinski definition) is 4. The minimum absolute atomic E-state index is 0.291. The average Bonchev–Trinajstić information content (AvgIpc) is 2.49. The maximum absolute atomic E-state index is 12.8. The fourth-order valence-electron chi connectivity index (χ4n) is 2.15. The summed E-state index contributed by atoms with van der Waals surface area (Å²) >= 11 is 1.28. The number of rotatable bonds is 5. The fourth-order valence-corrected chi connectivity index (χ4v) is 3.31. The largest absolute Gasteiger partial charge is 0.394 e. The standard InChI is InChI=1S/C14H19FO5S/c15-9-3-1-8(2-4-9)5-6-21-14-13(19)12(18)11(17)10(7-16)20-14/h1-4,10-14,16-19H,5-7H2/t10-,11-,12+,13-,14+/m1/s1. The second kappa shape index (κ2) is 7.53. The second-order valence-corrected chi connectivity index (χ2v) is 6.15. The predicted octanol–water partition coefficient (Wildman–Crippen LogP) is -0.0987. The van der Waals surface area contributed by atoms with Gasteiger partial charge < -0.3 is 25.2 Å². The Hall–Kier alpha value is -0.700. The molecule has 0 saturated carbocycles. The smallest absolute Gasteiger partial charge is 0.132 e. The van der Waals surface area contributed by atoms with Crippen LogP contribution in [0.1, 0.15) is 5.56 Å². The first kappa shape index (κ1) is 16.7. The summed E-state index contributed by atoms with van der Waals surface area (Å²) in [5.74, 6) is 0.300. The molecule has 0 aliphatic carbocycles. The molecule has 1 aromatic carbocycles. The number of benzene rings is 1. The van der Waals surface area contributed by atoms with E-state index in [9.17, 15) is 19.7 Å². The quantitative estimate of drug-likeness (QED) is 0.606. The van der Waals surface area contributed by atoms with E-state index in [1.165, 1.54) is 23.9 Å². The van der Waals surface area contributed by atoms with Gasteiger partial charge in [-0.1, -0.05) is 12.1 Å². The molecule has 1 aromatic rings. The number of hydrogen-bond acceptors (Lipinski definition) is 6. The van der Waals surface area contributed by atoms with E-state index in [2.05, 4.69) is 0 Å². The van der Waals surface area contributed by atoms with Crippen molar-refractivity contribution in [1.29, 1.82) is 0 Å². The number of aliphatic hydroxyl groups excluding tert-OH is 4. The van der Waals surface area contributed by atoms with E-state index in [0.717, 1.165) is 5.56 Å². The summed E-state index contributed by atoms with van der Waals surface area (Å²) < 4.78 is 18.2. The second-order valence-electron chi connectivity index (χ2n) is 4.94. The van der Waals surface area contributed by atoms with Crippen molar-refractivity contribution in [2.75, 3.05) is 12.4 Å². The van der Waals surface area contributed by atoms with Crippen molar-refractivity contribution in [3.8, 4) is 0 Å². The monoisotopic (exact) mass is 318 g/mol. The molecular weight excluding hydrogens is 299 g/mol. The lowest BCUT2D eigenvalue weighted by atomic mass is 10.0. The van der Waals surface area contributed by atoms with E-state index < -0.39 is 36.5 Å². The first-order valence-corrected chi connectivity index (χ1v) is 7.74. The molecule has 1 heterocycles. The highest BCUT2D eigenvalue weighted by molar-refractivity contribution is 7.99. The lowest BCUT2D eigenvalue weighted by molar-refractivity contribution is -0.205. The van der Waals surface area contributed by atoms with Crippen molar-refractivity contribution in [3.05, 3.63) is 35.6 Å². The van der Waals surface area contributed by atoms with Gasteiger partial charge in [0, 0.05) is 0 Å². The molecule has 1 aliphatic rings. The Morgan fingerprint density at radius 2 is 1.71 bits per heavy atom. The van der Waals surface area contributed by atoms with Gasteiger partial charge in [-0.2, -0.15) is 0 Å². The van der Waals surface area contributed by atoms with Crippen LogP contribution in [0.3, 0.4) is 0 Å². The van der Waals surface area contributed by atoms with Gasteiger partial charge >= 0.3 is 0 Å². The maximum Gasteiger partial charge on any atom is 0.132 e. The molecule has 0 amide bonds. The van der Waals surface area contributed by atoms with E-state index in [1.807, 2.05) is 0 Å². The Balaban J connectivity index is 1.85. The Kier molecular flexibility index (Phi) is 5.98. The molecule has 0 spiro atoms.